The van der Waals surface area contributed by atoms with Gasteiger partial charge in [0.05, 0.1) is 11.2 Å². The van der Waals surface area contributed by atoms with Crippen molar-refractivity contribution in [2.24, 2.45) is 11.3 Å². The third kappa shape index (κ3) is 3.05. The molecule has 1 saturated carbocycles. The first-order valence-corrected chi connectivity index (χ1v) is 8.45. The Hall–Kier alpha value is -1.87. The molecular formula is C21H25FO2. The van der Waals surface area contributed by atoms with E-state index in [1.807, 2.05) is 38.1 Å². The van der Waals surface area contributed by atoms with Crippen molar-refractivity contribution in [3.63, 3.8) is 0 Å². The first-order chi connectivity index (χ1) is 11.3. The van der Waals surface area contributed by atoms with E-state index < -0.39 is 11.6 Å². The summed E-state index contributed by atoms with van der Waals surface area (Å²) in [5, 5.41) is 0. The number of ether oxygens (including phenoxy) is 2. The van der Waals surface area contributed by atoms with Crippen LogP contribution in [0.25, 0.3) is 0 Å². The number of alkyl halides is 1. The Morgan fingerprint density at radius 2 is 1.50 bits per heavy atom. The van der Waals surface area contributed by atoms with Gasteiger partial charge in [0.25, 0.3) is 0 Å². The molecule has 0 radical (unpaired) electrons. The minimum atomic E-state index is -2.34. The van der Waals surface area contributed by atoms with Crippen LogP contribution < -0.4 is 4.74 Å². The van der Waals surface area contributed by atoms with Crippen molar-refractivity contribution in [2.45, 2.75) is 45.8 Å². The van der Waals surface area contributed by atoms with Gasteiger partial charge in [-0.15, -0.1) is 0 Å². The third-order valence-corrected chi connectivity index (χ3v) is 5.53. The second-order valence-electron chi connectivity index (χ2n) is 7.45. The highest BCUT2D eigenvalue weighted by Gasteiger charge is 2.60. The van der Waals surface area contributed by atoms with Crippen LogP contribution in [-0.4, -0.2) is 5.60 Å². The van der Waals surface area contributed by atoms with Gasteiger partial charge < -0.3 is 9.47 Å². The molecular weight excluding hydrogens is 303 g/mol. The number of benzene rings is 2. The van der Waals surface area contributed by atoms with Crippen LogP contribution in [0, 0.1) is 11.3 Å². The Kier molecular flexibility index (Phi) is 4.16. The van der Waals surface area contributed by atoms with Crippen molar-refractivity contribution in [2.75, 3.05) is 0 Å². The van der Waals surface area contributed by atoms with E-state index in [-0.39, 0.29) is 5.41 Å². The molecule has 0 bridgehead atoms. The smallest absolute Gasteiger partial charge is 0.392 e. The molecule has 0 saturated heterocycles. The van der Waals surface area contributed by atoms with Gasteiger partial charge >= 0.3 is 6.04 Å². The van der Waals surface area contributed by atoms with Crippen molar-refractivity contribution >= 4 is 0 Å². The van der Waals surface area contributed by atoms with E-state index in [1.165, 1.54) is 0 Å². The molecule has 24 heavy (non-hydrogen) atoms. The summed E-state index contributed by atoms with van der Waals surface area (Å²) in [6.45, 7) is 8.21. The highest BCUT2D eigenvalue weighted by molar-refractivity contribution is 5.25. The monoisotopic (exact) mass is 328 g/mol. The van der Waals surface area contributed by atoms with Crippen LogP contribution in [0.3, 0.4) is 0 Å². The Labute approximate surface area is 143 Å². The average Bonchev–Trinajstić information content (AvgIpc) is 3.18. The lowest BCUT2D eigenvalue weighted by Gasteiger charge is -2.39. The summed E-state index contributed by atoms with van der Waals surface area (Å²) in [6, 6.07) is 15.4. The molecule has 3 heteroatoms. The van der Waals surface area contributed by atoms with Crippen LogP contribution in [-0.2, 0) is 10.8 Å². The quantitative estimate of drug-likeness (QED) is 0.635. The lowest BCUT2D eigenvalue weighted by Crippen LogP contribution is -2.45. The molecule has 3 rings (SSSR count). The van der Waals surface area contributed by atoms with E-state index >= 15 is 4.39 Å². The molecule has 2 aromatic rings. The first-order valence-electron chi connectivity index (χ1n) is 8.45. The fraction of sp³-hybridized carbons (Fsp3) is 0.429. The standard InChI is InChI=1S/C21H25FO2/c1-16-15-20(16,4)19(2,3)24-21(22,17-11-7-5-8-12-17)23-18-13-9-6-10-14-18/h5-14,16H,15H2,1-4H3. The summed E-state index contributed by atoms with van der Waals surface area (Å²) in [7, 11) is 0. The molecule has 1 fully saturated rings. The van der Waals surface area contributed by atoms with E-state index in [0.717, 1.165) is 6.42 Å². The minimum absolute atomic E-state index is 0.0564. The SMILES string of the molecule is CC1CC1(C)C(C)(C)OC(F)(Oc1ccccc1)c1ccccc1. The van der Waals surface area contributed by atoms with Crippen molar-refractivity contribution in [3.8, 4) is 5.75 Å². The van der Waals surface area contributed by atoms with E-state index in [4.69, 9.17) is 9.47 Å². The lowest BCUT2D eigenvalue weighted by atomic mass is 9.87. The normalized spacial score (nSPS) is 25.8. The maximum Gasteiger partial charge on any atom is 0.392 e. The topological polar surface area (TPSA) is 18.5 Å². The van der Waals surface area contributed by atoms with Crippen LogP contribution in [0.15, 0.2) is 60.7 Å². The van der Waals surface area contributed by atoms with Crippen LogP contribution in [0.4, 0.5) is 4.39 Å². The molecule has 1 aliphatic rings. The molecule has 0 N–H and O–H groups in total. The summed E-state index contributed by atoms with van der Waals surface area (Å²) < 4.78 is 27.7. The van der Waals surface area contributed by atoms with Gasteiger partial charge in [-0.1, -0.05) is 50.2 Å². The third-order valence-electron chi connectivity index (χ3n) is 5.53. The van der Waals surface area contributed by atoms with Gasteiger partial charge in [-0.05, 0) is 55.9 Å². The molecule has 0 aliphatic heterocycles. The molecule has 0 spiro atoms. The fourth-order valence-corrected chi connectivity index (χ4v) is 3.28. The van der Waals surface area contributed by atoms with Crippen LogP contribution in [0.5, 0.6) is 5.75 Å². The Bertz CT molecular complexity index is 685. The van der Waals surface area contributed by atoms with Crippen LogP contribution in [0.2, 0.25) is 0 Å². The van der Waals surface area contributed by atoms with E-state index in [0.29, 0.717) is 17.2 Å². The number of para-hydroxylation sites is 1. The zero-order valence-electron chi connectivity index (χ0n) is 14.8. The van der Waals surface area contributed by atoms with E-state index in [9.17, 15) is 0 Å². The fourth-order valence-electron chi connectivity index (χ4n) is 3.28. The second-order valence-corrected chi connectivity index (χ2v) is 7.45. The van der Waals surface area contributed by atoms with Crippen molar-refractivity contribution < 1.29 is 13.9 Å². The summed E-state index contributed by atoms with van der Waals surface area (Å²) in [5.74, 6) is 0.943. The van der Waals surface area contributed by atoms with E-state index in [2.05, 4.69) is 13.8 Å². The molecule has 1 aliphatic carbocycles. The maximum atomic E-state index is 15.9. The number of hydrogen-bond acceptors (Lipinski definition) is 2. The minimum Gasteiger partial charge on any atom is -0.432 e. The van der Waals surface area contributed by atoms with Gasteiger partial charge in [-0.3, -0.25) is 0 Å². The van der Waals surface area contributed by atoms with Gasteiger partial charge in [0.15, 0.2) is 0 Å². The predicted molar refractivity (Wildman–Crippen MR) is 93.4 cm³/mol. The number of hydrogen-bond donors (Lipinski definition) is 0. The Morgan fingerprint density at radius 1 is 1.00 bits per heavy atom. The molecule has 0 heterocycles. The maximum absolute atomic E-state index is 15.9. The Morgan fingerprint density at radius 3 is 2.00 bits per heavy atom. The van der Waals surface area contributed by atoms with Gasteiger partial charge in [0.1, 0.15) is 5.75 Å². The van der Waals surface area contributed by atoms with Crippen LogP contribution >= 0.6 is 0 Å². The summed E-state index contributed by atoms with van der Waals surface area (Å²) in [5.41, 5.74) is -0.357. The molecule has 128 valence electrons. The summed E-state index contributed by atoms with van der Waals surface area (Å²) >= 11 is 0. The predicted octanol–water partition coefficient (Wildman–Crippen LogP) is 5.69. The second kappa shape index (κ2) is 5.89. The molecule has 0 amide bonds. The zero-order chi connectivity index (χ0) is 17.4. The van der Waals surface area contributed by atoms with Gasteiger partial charge in [-0.25, -0.2) is 0 Å². The number of halogens is 1. The molecule has 3 unspecified atom stereocenters. The highest BCUT2D eigenvalue weighted by Crippen LogP contribution is 2.61. The van der Waals surface area contributed by atoms with Crippen molar-refractivity contribution in [1.82, 2.24) is 0 Å². The summed E-state index contributed by atoms with van der Waals surface area (Å²) in [4.78, 5) is 0. The van der Waals surface area contributed by atoms with Crippen molar-refractivity contribution in [3.05, 3.63) is 66.2 Å². The van der Waals surface area contributed by atoms with Gasteiger partial charge in [0, 0.05) is 0 Å². The highest BCUT2D eigenvalue weighted by atomic mass is 19.2. The molecule has 2 aromatic carbocycles. The zero-order valence-corrected chi connectivity index (χ0v) is 14.8. The lowest BCUT2D eigenvalue weighted by molar-refractivity contribution is -0.337. The molecule has 3 atom stereocenters. The molecule has 0 aromatic heterocycles. The summed E-state index contributed by atoms with van der Waals surface area (Å²) in [6.07, 6.45) is 1.02. The van der Waals surface area contributed by atoms with E-state index in [1.54, 1.807) is 36.4 Å². The first kappa shape index (κ1) is 17.0. The van der Waals surface area contributed by atoms with Crippen LogP contribution in [0.1, 0.15) is 39.7 Å². The number of rotatable bonds is 6. The largest absolute Gasteiger partial charge is 0.432 e. The Balaban J connectivity index is 1.94. The van der Waals surface area contributed by atoms with Gasteiger partial charge in [-0.2, -0.15) is 4.39 Å². The molecule has 2 nitrogen and oxygen atoms in total. The van der Waals surface area contributed by atoms with Gasteiger partial charge in [0.2, 0.25) is 0 Å². The van der Waals surface area contributed by atoms with Crippen molar-refractivity contribution in [1.29, 1.82) is 0 Å². The average molecular weight is 328 g/mol.